The average molecular weight is 259 g/mol. The van der Waals surface area contributed by atoms with Crippen LogP contribution >= 0.6 is 0 Å². The minimum Gasteiger partial charge on any atom is -0.338 e. The van der Waals surface area contributed by atoms with E-state index in [1.54, 1.807) is 29.2 Å². The van der Waals surface area contributed by atoms with Crippen molar-refractivity contribution in [1.29, 1.82) is 5.26 Å². The van der Waals surface area contributed by atoms with E-state index in [9.17, 15) is 4.79 Å². The van der Waals surface area contributed by atoms with Crippen molar-refractivity contribution in [3.63, 3.8) is 0 Å². The lowest BCUT2D eigenvalue weighted by molar-refractivity contribution is 0.0701. The lowest BCUT2D eigenvalue weighted by Gasteiger charge is -2.31. The molecule has 2 N–H and O–H groups in total. The second-order valence-electron chi connectivity index (χ2n) is 5.38. The SMILES string of the molecule is CCN(CC(C)(C)CN)C(=O)c1cccc(C#N)c1. The predicted octanol–water partition coefficient (Wildman–Crippen LogP) is 2.01. The number of nitriles is 1. The van der Waals surface area contributed by atoms with Gasteiger partial charge in [-0.2, -0.15) is 5.26 Å². The van der Waals surface area contributed by atoms with E-state index >= 15 is 0 Å². The van der Waals surface area contributed by atoms with Crippen LogP contribution in [0.1, 0.15) is 36.7 Å². The molecule has 0 saturated heterocycles. The van der Waals surface area contributed by atoms with E-state index in [-0.39, 0.29) is 11.3 Å². The van der Waals surface area contributed by atoms with E-state index in [2.05, 4.69) is 0 Å². The van der Waals surface area contributed by atoms with Crippen molar-refractivity contribution in [1.82, 2.24) is 4.90 Å². The van der Waals surface area contributed by atoms with Crippen LogP contribution in [-0.2, 0) is 0 Å². The highest BCUT2D eigenvalue weighted by Gasteiger charge is 2.23. The van der Waals surface area contributed by atoms with Crippen molar-refractivity contribution >= 4 is 5.91 Å². The van der Waals surface area contributed by atoms with E-state index in [4.69, 9.17) is 11.0 Å². The van der Waals surface area contributed by atoms with Crippen LogP contribution in [-0.4, -0.2) is 30.4 Å². The molecule has 102 valence electrons. The minimum atomic E-state index is -0.113. The van der Waals surface area contributed by atoms with E-state index in [0.29, 0.717) is 30.8 Å². The molecule has 1 aromatic rings. The van der Waals surface area contributed by atoms with Crippen molar-refractivity contribution in [3.05, 3.63) is 35.4 Å². The van der Waals surface area contributed by atoms with Gasteiger partial charge in [-0.25, -0.2) is 0 Å². The third-order valence-corrected chi connectivity index (χ3v) is 3.08. The van der Waals surface area contributed by atoms with Gasteiger partial charge in [-0.3, -0.25) is 4.79 Å². The van der Waals surface area contributed by atoms with Crippen molar-refractivity contribution < 1.29 is 4.79 Å². The Balaban J connectivity index is 2.93. The highest BCUT2D eigenvalue weighted by atomic mass is 16.2. The largest absolute Gasteiger partial charge is 0.338 e. The van der Waals surface area contributed by atoms with Crippen molar-refractivity contribution in [3.8, 4) is 6.07 Å². The molecule has 0 saturated carbocycles. The molecule has 0 aliphatic heterocycles. The number of nitrogens with two attached hydrogens (primary N) is 1. The van der Waals surface area contributed by atoms with Gasteiger partial charge in [-0.05, 0) is 37.1 Å². The van der Waals surface area contributed by atoms with Crippen LogP contribution in [0.2, 0.25) is 0 Å². The summed E-state index contributed by atoms with van der Waals surface area (Å²) in [7, 11) is 0. The molecule has 0 atom stereocenters. The fourth-order valence-corrected chi connectivity index (χ4v) is 1.81. The molecule has 0 bridgehead atoms. The molecule has 1 aromatic carbocycles. The molecule has 4 heteroatoms. The maximum absolute atomic E-state index is 12.4. The zero-order valence-electron chi connectivity index (χ0n) is 11.8. The van der Waals surface area contributed by atoms with Gasteiger partial charge in [0.2, 0.25) is 0 Å². The van der Waals surface area contributed by atoms with Crippen LogP contribution in [0.25, 0.3) is 0 Å². The molecule has 1 amide bonds. The summed E-state index contributed by atoms with van der Waals surface area (Å²) in [6.07, 6.45) is 0. The summed E-state index contributed by atoms with van der Waals surface area (Å²) in [6.45, 7) is 7.77. The van der Waals surface area contributed by atoms with Gasteiger partial charge >= 0.3 is 0 Å². The normalized spacial score (nSPS) is 10.9. The van der Waals surface area contributed by atoms with Gasteiger partial charge in [0.05, 0.1) is 11.6 Å². The second kappa shape index (κ2) is 6.35. The predicted molar refractivity (Wildman–Crippen MR) is 75.6 cm³/mol. The Morgan fingerprint density at radius 2 is 2.16 bits per heavy atom. The maximum atomic E-state index is 12.4. The number of amides is 1. The number of carbonyl (C=O) groups is 1. The summed E-state index contributed by atoms with van der Waals surface area (Å²) in [6, 6.07) is 8.83. The summed E-state index contributed by atoms with van der Waals surface area (Å²) in [4.78, 5) is 14.2. The van der Waals surface area contributed by atoms with Gasteiger partial charge in [0.25, 0.3) is 5.91 Å². The Labute approximate surface area is 114 Å². The average Bonchev–Trinajstić information content (AvgIpc) is 2.44. The van der Waals surface area contributed by atoms with Crippen LogP contribution in [0.3, 0.4) is 0 Å². The molecule has 0 heterocycles. The van der Waals surface area contributed by atoms with Gasteiger partial charge in [-0.1, -0.05) is 19.9 Å². The Kier molecular flexibility index (Phi) is 5.08. The van der Waals surface area contributed by atoms with E-state index < -0.39 is 0 Å². The van der Waals surface area contributed by atoms with Crippen molar-refractivity contribution in [2.75, 3.05) is 19.6 Å². The highest BCUT2D eigenvalue weighted by molar-refractivity contribution is 5.94. The highest BCUT2D eigenvalue weighted by Crippen LogP contribution is 2.17. The summed E-state index contributed by atoms with van der Waals surface area (Å²) in [5.74, 6) is -0.0545. The van der Waals surface area contributed by atoms with Gasteiger partial charge < -0.3 is 10.6 Å². The van der Waals surface area contributed by atoms with Gasteiger partial charge in [0.15, 0.2) is 0 Å². The van der Waals surface area contributed by atoms with E-state index in [0.717, 1.165) is 0 Å². The molecule has 19 heavy (non-hydrogen) atoms. The Bertz CT molecular complexity index is 488. The van der Waals surface area contributed by atoms with Crippen LogP contribution in [0.5, 0.6) is 0 Å². The zero-order chi connectivity index (χ0) is 14.5. The zero-order valence-corrected chi connectivity index (χ0v) is 11.8. The first-order valence-corrected chi connectivity index (χ1v) is 6.43. The first-order chi connectivity index (χ1) is 8.93. The molecule has 0 fully saturated rings. The van der Waals surface area contributed by atoms with Crippen LogP contribution in [0.15, 0.2) is 24.3 Å². The summed E-state index contributed by atoms with van der Waals surface area (Å²) in [5, 5.41) is 8.87. The number of nitrogens with zero attached hydrogens (tertiary/aromatic N) is 2. The molecule has 0 radical (unpaired) electrons. The summed E-state index contributed by atoms with van der Waals surface area (Å²) >= 11 is 0. The standard InChI is InChI=1S/C15H21N3O/c1-4-18(11-15(2,3)10-17)14(19)13-7-5-6-12(8-13)9-16/h5-8H,4,10-11,17H2,1-3H3. The first-order valence-electron chi connectivity index (χ1n) is 6.43. The Morgan fingerprint density at radius 3 is 2.68 bits per heavy atom. The molecule has 0 spiro atoms. The number of benzene rings is 1. The maximum Gasteiger partial charge on any atom is 0.253 e. The summed E-state index contributed by atoms with van der Waals surface area (Å²) < 4.78 is 0. The third-order valence-electron chi connectivity index (χ3n) is 3.08. The van der Waals surface area contributed by atoms with Crippen molar-refractivity contribution in [2.24, 2.45) is 11.1 Å². The number of hydrogen-bond acceptors (Lipinski definition) is 3. The smallest absolute Gasteiger partial charge is 0.253 e. The number of rotatable bonds is 5. The fraction of sp³-hybridized carbons (Fsp3) is 0.467. The number of carbonyl (C=O) groups excluding carboxylic acids is 1. The molecule has 0 unspecified atom stereocenters. The first kappa shape index (κ1) is 15.2. The lowest BCUT2D eigenvalue weighted by atomic mass is 9.93. The van der Waals surface area contributed by atoms with Crippen molar-refractivity contribution in [2.45, 2.75) is 20.8 Å². The van der Waals surface area contributed by atoms with Gasteiger partial charge in [0.1, 0.15) is 0 Å². The monoisotopic (exact) mass is 259 g/mol. The molecular weight excluding hydrogens is 238 g/mol. The van der Waals surface area contributed by atoms with Crippen LogP contribution in [0.4, 0.5) is 0 Å². The molecule has 0 aliphatic carbocycles. The molecule has 1 rings (SSSR count). The lowest BCUT2D eigenvalue weighted by Crippen LogP contribution is -2.42. The quantitative estimate of drug-likeness (QED) is 0.879. The van der Waals surface area contributed by atoms with E-state index in [1.165, 1.54) is 0 Å². The second-order valence-corrected chi connectivity index (χ2v) is 5.38. The molecular formula is C15H21N3O. The topological polar surface area (TPSA) is 70.1 Å². The molecule has 0 aromatic heterocycles. The molecule has 4 nitrogen and oxygen atoms in total. The third kappa shape index (κ3) is 4.08. The molecule has 0 aliphatic rings. The van der Waals surface area contributed by atoms with Crippen LogP contribution in [0, 0.1) is 16.7 Å². The number of hydrogen-bond donors (Lipinski definition) is 1. The minimum absolute atomic E-state index is 0.0545. The summed E-state index contributed by atoms with van der Waals surface area (Å²) in [5.41, 5.74) is 6.65. The van der Waals surface area contributed by atoms with E-state index in [1.807, 2.05) is 26.8 Å². The Morgan fingerprint density at radius 1 is 1.47 bits per heavy atom. The Hall–Kier alpha value is -1.86. The van der Waals surface area contributed by atoms with Crippen LogP contribution < -0.4 is 5.73 Å². The van der Waals surface area contributed by atoms with Gasteiger partial charge in [0, 0.05) is 18.7 Å². The van der Waals surface area contributed by atoms with Gasteiger partial charge in [-0.15, -0.1) is 0 Å². The fourth-order valence-electron chi connectivity index (χ4n) is 1.81.